The summed E-state index contributed by atoms with van der Waals surface area (Å²) in [6.07, 6.45) is 0.562. The lowest BCUT2D eigenvalue weighted by atomic mass is 10.2. The second kappa shape index (κ2) is 8.01. The van der Waals surface area contributed by atoms with E-state index in [0.717, 1.165) is 5.56 Å². The lowest BCUT2D eigenvalue weighted by molar-refractivity contribution is -0.116. The van der Waals surface area contributed by atoms with Crippen molar-refractivity contribution in [3.8, 4) is 17.2 Å². The van der Waals surface area contributed by atoms with Gasteiger partial charge in [-0.1, -0.05) is 29.8 Å². The molecule has 0 radical (unpaired) electrons. The summed E-state index contributed by atoms with van der Waals surface area (Å²) < 4.78 is 10.9. The average Bonchev–Trinajstić information content (AvgIpc) is 3.12. The summed E-state index contributed by atoms with van der Waals surface area (Å²) in [6.45, 7) is 1.91. The number of hydrogen-bond acceptors (Lipinski definition) is 5. The third-order valence-electron chi connectivity index (χ3n) is 3.83. The largest absolute Gasteiger partial charge is 0.496 e. The molecule has 0 aliphatic rings. The number of hydrogen-bond donors (Lipinski definition) is 1. The Morgan fingerprint density at radius 3 is 2.81 bits per heavy atom. The van der Waals surface area contributed by atoms with Gasteiger partial charge >= 0.3 is 0 Å². The number of nitrogens with one attached hydrogen (secondary N) is 1. The zero-order valence-corrected chi connectivity index (χ0v) is 15.2. The molecule has 0 unspecified atom stereocenters. The van der Waals surface area contributed by atoms with Gasteiger partial charge in [-0.2, -0.15) is 0 Å². The van der Waals surface area contributed by atoms with Crippen LogP contribution in [0.4, 0.5) is 5.69 Å². The first-order valence-corrected chi connectivity index (χ1v) is 8.46. The fourth-order valence-electron chi connectivity index (χ4n) is 2.40. The Morgan fingerprint density at radius 2 is 2.04 bits per heavy atom. The molecule has 1 aromatic heterocycles. The number of amides is 1. The zero-order valence-electron chi connectivity index (χ0n) is 14.5. The molecule has 2 aromatic carbocycles. The molecular weight excluding hydrogens is 354 g/mol. The molecule has 0 bridgehead atoms. The normalized spacial score (nSPS) is 10.6. The van der Waals surface area contributed by atoms with Crippen LogP contribution in [0.15, 0.2) is 46.9 Å². The van der Waals surface area contributed by atoms with E-state index in [9.17, 15) is 4.79 Å². The highest BCUT2D eigenvalue weighted by Gasteiger charge is 2.14. The molecule has 0 saturated carbocycles. The molecule has 0 aliphatic heterocycles. The number of aryl methyl sites for hydroxylation is 2. The molecular formula is C19H18ClN3O3. The van der Waals surface area contributed by atoms with E-state index in [1.807, 2.05) is 43.3 Å². The third-order valence-corrected chi connectivity index (χ3v) is 4.23. The van der Waals surface area contributed by atoms with Crippen LogP contribution in [0.3, 0.4) is 0 Å². The van der Waals surface area contributed by atoms with Crippen molar-refractivity contribution in [2.24, 2.45) is 0 Å². The standard InChI is InChI=1S/C19H18ClN3O3/c1-12-7-8-13(11-15(12)20)21-17(24)9-10-18-22-23-19(26-18)14-5-3-4-6-16(14)25-2/h3-8,11H,9-10H2,1-2H3,(H,21,24). The van der Waals surface area contributed by atoms with Gasteiger partial charge in [0.25, 0.3) is 5.89 Å². The van der Waals surface area contributed by atoms with Crippen molar-refractivity contribution in [3.05, 3.63) is 58.9 Å². The summed E-state index contributed by atoms with van der Waals surface area (Å²) in [7, 11) is 1.58. The monoisotopic (exact) mass is 371 g/mol. The summed E-state index contributed by atoms with van der Waals surface area (Å²) in [4.78, 5) is 12.1. The number of ether oxygens (including phenoxy) is 1. The summed E-state index contributed by atoms with van der Waals surface area (Å²) >= 11 is 6.06. The number of methoxy groups -OCH3 is 1. The van der Waals surface area contributed by atoms with Crippen LogP contribution in [-0.4, -0.2) is 23.2 Å². The van der Waals surface area contributed by atoms with Gasteiger partial charge in [-0.05, 0) is 36.8 Å². The molecule has 26 heavy (non-hydrogen) atoms. The van der Waals surface area contributed by atoms with Crippen molar-refractivity contribution >= 4 is 23.2 Å². The Morgan fingerprint density at radius 1 is 1.23 bits per heavy atom. The highest BCUT2D eigenvalue weighted by Crippen LogP contribution is 2.28. The van der Waals surface area contributed by atoms with Gasteiger partial charge in [-0.25, -0.2) is 0 Å². The van der Waals surface area contributed by atoms with Crippen LogP contribution in [0.5, 0.6) is 5.75 Å². The molecule has 1 heterocycles. The number of rotatable bonds is 6. The third kappa shape index (κ3) is 4.21. The Labute approximate surface area is 156 Å². The van der Waals surface area contributed by atoms with Gasteiger partial charge in [-0.3, -0.25) is 4.79 Å². The molecule has 0 aliphatic carbocycles. The van der Waals surface area contributed by atoms with Gasteiger partial charge in [0.05, 0.1) is 12.7 Å². The van der Waals surface area contributed by atoms with Crippen LogP contribution in [-0.2, 0) is 11.2 Å². The lowest BCUT2D eigenvalue weighted by Crippen LogP contribution is -2.12. The Bertz CT molecular complexity index is 924. The summed E-state index contributed by atoms with van der Waals surface area (Å²) in [5.41, 5.74) is 2.33. The number of anilines is 1. The van der Waals surface area contributed by atoms with Crippen molar-refractivity contribution in [2.75, 3.05) is 12.4 Å². The van der Waals surface area contributed by atoms with E-state index in [-0.39, 0.29) is 12.3 Å². The Kier molecular flexibility index (Phi) is 5.53. The van der Waals surface area contributed by atoms with E-state index < -0.39 is 0 Å². The van der Waals surface area contributed by atoms with Crippen molar-refractivity contribution < 1.29 is 13.9 Å². The predicted octanol–water partition coefficient (Wildman–Crippen LogP) is 4.28. The SMILES string of the molecule is COc1ccccc1-c1nnc(CCC(=O)Nc2ccc(C)c(Cl)c2)o1. The van der Waals surface area contributed by atoms with E-state index in [1.54, 1.807) is 13.2 Å². The van der Waals surface area contributed by atoms with Gasteiger partial charge in [-0.15, -0.1) is 10.2 Å². The van der Waals surface area contributed by atoms with Crippen molar-refractivity contribution in [1.29, 1.82) is 0 Å². The van der Waals surface area contributed by atoms with Crippen molar-refractivity contribution in [2.45, 2.75) is 19.8 Å². The second-order valence-electron chi connectivity index (χ2n) is 5.71. The van der Waals surface area contributed by atoms with Crippen molar-refractivity contribution in [1.82, 2.24) is 10.2 Å². The molecule has 134 valence electrons. The minimum absolute atomic E-state index is 0.151. The average molecular weight is 372 g/mol. The van der Waals surface area contributed by atoms with E-state index >= 15 is 0 Å². The first kappa shape index (κ1) is 17.9. The molecule has 1 N–H and O–H groups in total. The highest BCUT2D eigenvalue weighted by molar-refractivity contribution is 6.31. The smallest absolute Gasteiger partial charge is 0.251 e. The van der Waals surface area contributed by atoms with Crippen LogP contribution >= 0.6 is 11.6 Å². The van der Waals surface area contributed by atoms with E-state index in [4.69, 9.17) is 20.8 Å². The molecule has 0 spiro atoms. The predicted molar refractivity (Wildman–Crippen MR) is 99.4 cm³/mol. The quantitative estimate of drug-likeness (QED) is 0.699. The second-order valence-corrected chi connectivity index (χ2v) is 6.12. The molecule has 3 aromatic rings. The minimum Gasteiger partial charge on any atom is -0.496 e. The van der Waals surface area contributed by atoms with E-state index in [1.165, 1.54) is 0 Å². The van der Waals surface area contributed by atoms with Crippen LogP contribution < -0.4 is 10.1 Å². The van der Waals surface area contributed by atoms with Crippen molar-refractivity contribution in [3.63, 3.8) is 0 Å². The number of halogens is 1. The maximum atomic E-state index is 12.1. The van der Waals surface area contributed by atoms with Crippen LogP contribution in [0.2, 0.25) is 5.02 Å². The fraction of sp³-hybridized carbons (Fsp3) is 0.211. The first-order valence-electron chi connectivity index (χ1n) is 8.08. The van der Waals surface area contributed by atoms with Crippen LogP contribution in [0.1, 0.15) is 17.9 Å². The summed E-state index contributed by atoms with van der Waals surface area (Å²) in [5.74, 6) is 1.25. The van der Waals surface area contributed by atoms with Gasteiger partial charge in [0.15, 0.2) is 0 Å². The molecule has 7 heteroatoms. The summed E-state index contributed by atoms with van der Waals surface area (Å²) in [6, 6.07) is 12.8. The maximum absolute atomic E-state index is 12.1. The minimum atomic E-state index is -0.151. The van der Waals surface area contributed by atoms with Crippen LogP contribution in [0.25, 0.3) is 11.5 Å². The van der Waals surface area contributed by atoms with Crippen LogP contribution in [0, 0.1) is 6.92 Å². The molecule has 0 saturated heterocycles. The molecule has 3 rings (SSSR count). The number of para-hydroxylation sites is 1. The zero-order chi connectivity index (χ0) is 18.5. The van der Waals surface area contributed by atoms with Gasteiger partial charge in [0.2, 0.25) is 11.8 Å². The number of benzene rings is 2. The van der Waals surface area contributed by atoms with Gasteiger partial charge in [0.1, 0.15) is 5.75 Å². The number of carbonyl (C=O) groups is 1. The summed E-state index contributed by atoms with van der Waals surface area (Å²) in [5, 5.41) is 11.4. The number of nitrogens with zero attached hydrogens (tertiary/aromatic N) is 2. The molecule has 6 nitrogen and oxygen atoms in total. The molecule has 0 atom stereocenters. The number of aromatic nitrogens is 2. The van der Waals surface area contributed by atoms with Gasteiger partial charge in [0, 0.05) is 23.6 Å². The van der Waals surface area contributed by atoms with E-state index in [2.05, 4.69) is 15.5 Å². The number of carbonyl (C=O) groups excluding carboxylic acids is 1. The fourth-order valence-corrected chi connectivity index (χ4v) is 2.58. The molecule has 0 fully saturated rings. The topological polar surface area (TPSA) is 77.2 Å². The molecule has 1 amide bonds. The Balaban J connectivity index is 1.61. The first-order chi connectivity index (χ1) is 12.6. The maximum Gasteiger partial charge on any atom is 0.251 e. The lowest BCUT2D eigenvalue weighted by Gasteiger charge is -2.06. The van der Waals surface area contributed by atoms with E-state index in [0.29, 0.717) is 40.2 Å². The van der Waals surface area contributed by atoms with Gasteiger partial charge < -0.3 is 14.5 Å². The Hall–Kier alpha value is -2.86. The highest BCUT2D eigenvalue weighted by atomic mass is 35.5.